The van der Waals surface area contributed by atoms with E-state index in [0.29, 0.717) is 17.1 Å². The lowest BCUT2D eigenvalue weighted by Gasteiger charge is -2.19. The van der Waals surface area contributed by atoms with Crippen molar-refractivity contribution in [2.75, 3.05) is 9.62 Å². The van der Waals surface area contributed by atoms with Crippen LogP contribution < -0.4 is 9.62 Å². The maximum atomic E-state index is 13.1. The second-order valence-corrected chi connectivity index (χ2v) is 10.2. The van der Waals surface area contributed by atoms with Crippen LogP contribution in [0.3, 0.4) is 0 Å². The largest absolute Gasteiger partial charge is 0.274 e. The van der Waals surface area contributed by atoms with Crippen molar-refractivity contribution in [2.24, 2.45) is 23.7 Å². The highest BCUT2D eigenvalue weighted by Crippen LogP contribution is 2.55. The highest BCUT2D eigenvalue weighted by molar-refractivity contribution is 7.92. The van der Waals surface area contributed by atoms with Gasteiger partial charge in [0.15, 0.2) is 0 Å². The summed E-state index contributed by atoms with van der Waals surface area (Å²) in [6, 6.07) is 7.50. The second kappa shape index (κ2) is 6.71. The van der Waals surface area contributed by atoms with Crippen LogP contribution >= 0.6 is 0 Å². The Bertz CT molecular complexity index is 1230. The molecule has 0 spiro atoms. The van der Waals surface area contributed by atoms with E-state index in [2.05, 4.69) is 20.8 Å². The molecule has 4 atom stereocenters. The number of carbonyl (C=O) groups is 2. The van der Waals surface area contributed by atoms with Crippen molar-refractivity contribution < 1.29 is 18.0 Å². The fourth-order valence-electron chi connectivity index (χ4n) is 5.25. The standard InChI is InChI=1S/C22H22N4O4S/c1-11-8-14-10-17(11)19-18(14)20(27)26(21(19)28)15-4-6-16(7-5-15)31(29,30)25-22-23-12(2)9-13(3)24-22/h4-9,14,17-19H,10H2,1-3H3,(H,23,24,25)/t14-,17+,18-,19+/m0/s1. The van der Waals surface area contributed by atoms with Crippen molar-refractivity contribution in [3.8, 4) is 0 Å². The monoisotopic (exact) mass is 438 g/mol. The van der Waals surface area contributed by atoms with Crippen LogP contribution in [0.5, 0.6) is 0 Å². The van der Waals surface area contributed by atoms with Gasteiger partial charge in [0, 0.05) is 11.4 Å². The highest BCUT2D eigenvalue weighted by Gasteiger charge is 2.60. The Balaban J connectivity index is 1.39. The molecule has 1 aromatic carbocycles. The number of fused-ring (bicyclic) bond motifs is 5. The molecule has 160 valence electrons. The molecule has 9 heteroatoms. The van der Waals surface area contributed by atoms with Gasteiger partial charge in [0.1, 0.15) is 0 Å². The number of nitrogens with one attached hydrogen (secondary N) is 1. The van der Waals surface area contributed by atoms with Crippen LogP contribution in [0.4, 0.5) is 11.6 Å². The van der Waals surface area contributed by atoms with Gasteiger partial charge in [-0.3, -0.25) is 14.5 Å². The van der Waals surface area contributed by atoms with Crippen molar-refractivity contribution in [1.29, 1.82) is 0 Å². The average molecular weight is 439 g/mol. The summed E-state index contributed by atoms with van der Waals surface area (Å²) in [5.74, 6) is -0.716. The van der Waals surface area contributed by atoms with Crippen molar-refractivity contribution in [3.05, 3.63) is 53.4 Å². The third kappa shape index (κ3) is 3.06. The summed E-state index contributed by atoms with van der Waals surface area (Å²) in [5.41, 5.74) is 2.88. The number of amides is 2. The number of aromatic nitrogens is 2. The summed E-state index contributed by atoms with van der Waals surface area (Å²) in [5, 5.41) is 0. The molecule has 2 heterocycles. The van der Waals surface area contributed by atoms with Crippen LogP contribution in [0, 0.1) is 37.5 Å². The minimum Gasteiger partial charge on any atom is -0.274 e. The fourth-order valence-corrected chi connectivity index (χ4v) is 6.20. The van der Waals surface area contributed by atoms with Gasteiger partial charge in [0.05, 0.1) is 22.4 Å². The Morgan fingerprint density at radius 3 is 2.23 bits per heavy atom. The van der Waals surface area contributed by atoms with Gasteiger partial charge in [-0.2, -0.15) is 0 Å². The van der Waals surface area contributed by atoms with E-state index in [-0.39, 0.29) is 46.3 Å². The molecule has 0 radical (unpaired) electrons. The van der Waals surface area contributed by atoms with E-state index in [0.717, 1.165) is 6.42 Å². The molecule has 2 fully saturated rings. The maximum absolute atomic E-state index is 13.1. The van der Waals surface area contributed by atoms with Crippen LogP contribution in [-0.2, 0) is 19.6 Å². The molecule has 1 saturated heterocycles. The van der Waals surface area contributed by atoms with E-state index in [9.17, 15) is 18.0 Å². The molecule has 2 aromatic rings. The smallest absolute Gasteiger partial charge is 0.264 e. The van der Waals surface area contributed by atoms with Gasteiger partial charge in [-0.15, -0.1) is 0 Å². The number of nitrogens with zero attached hydrogens (tertiary/aromatic N) is 3. The second-order valence-electron chi connectivity index (χ2n) is 8.55. The molecule has 1 aromatic heterocycles. The molecule has 1 aliphatic heterocycles. The van der Waals surface area contributed by atoms with E-state index < -0.39 is 10.0 Å². The fraction of sp³-hybridized carbons (Fsp3) is 0.364. The highest BCUT2D eigenvalue weighted by atomic mass is 32.2. The lowest BCUT2D eigenvalue weighted by atomic mass is 9.82. The van der Waals surface area contributed by atoms with Gasteiger partial charge in [-0.05, 0) is 69.4 Å². The number of hydrogen-bond acceptors (Lipinski definition) is 6. The molecule has 1 saturated carbocycles. The van der Waals surface area contributed by atoms with E-state index in [1.165, 1.54) is 34.7 Å². The van der Waals surface area contributed by atoms with E-state index in [1.54, 1.807) is 19.9 Å². The van der Waals surface area contributed by atoms with Gasteiger partial charge >= 0.3 is 0 Å². The molecular formula is C22H22N4O4S. The Labute approximate surface area is 180 Å². The molecule has 2 aliphatic carbocycles. The van der Waals surface area contributed by atoms with Crippen LogP contribution in [0.1, 0.15) is 24.7 Å². The number of benzene rings is 1. The first kappa shape index (κ1) is 19.9. The van der Waals surface area contributed by atoms with Crippen molar-refractivity contribution >= 4 is 33.5 Å². The van der Waals surface area contributed by atoms with Gasteiger partial charge in [0.25, 0.3) is 10.0 Å². The SMILES string of the molecule is CC1=C[C@H]2C[C@H]1[C@H]1C(=O)N(c3ccc(S(=O)(=O)Nc4nc(C)cc(C)n4)cc3)C(=O)[C@H]12. The number of carbonyl (C=O) groups excluding carboxylic acids is 2. The predicted octanol–water partition coefficient (Wildman–Crippen LogP) is 2.60. The van der Waals surface area contributed by atoms with Crippen LogP contribution in [0.2, 0.25) is 0 Å². The van der Waals surface area contributed by atoms with Gasteiger partial charge in [-0.25, -0.2) is 23.1 Å². The molecule has 0 unspecified atom stereocenters. The summed E-state index contributed by atoms with van der Waals surface area (Å²) in [4.78, 5) is 35.5. The zero-order valence-electron chi connectivity index (χ0n) is 17.4. The zero-order valence-corrected chi connectivity index (χ0v) is 18.2. The summed E-state index contributed by atoms with van der Waals surface area (Å²) in [6.45, 7) is 5.53. The Morgan fingerprint density at radius 2 is 1.58 bits per heavy atom. The van der Waals surface area contributed by atoms with Crippen LogP contribution in [-0.4, -0.2) is 30.2 Å². The number of hydrogen-bond donors (Lipinski definition) is 1. The Hall–Kier alpha value is -3.07. The van der Waals surface area contributed by atoms with E-state index >= 15 is 0 Å². The van der Waals surface area contributed by atoms with Gasteiger partial charge < -0.3 is 0 Å². The minimum absolute atomic E-state index is 0.00218. The molecule has 31 heavy (non-hydrogen) atoms. The molecule has 2 amide bonds. The van der Waals surface area contributed by atoms with E-state index in [1.807, 2.05) is 6.92 Å². The first-order chi connectivity index (χ1) is 14.7. The van der Waals surface area contributed by atoms with Crippen LogP contribution in [0.25, 0.3) is 0 Å². The van der Waals surface area contributed by atoms with Gasteiger partial charge in [-0.1, -0.05) is 11.6 Å². The number of aryl methyl sites for hydroxylation is 2. The quantitative estimate of drug-likeness (QED) is 0.580. The number of rotatable bonds is 4. The first-order valence-electron chi connectivity index (χ1n) is 10.2. The number of imide groups is 1. The lowest BCUT2D eigenvalue weighted by molar-refractivity contribution is -0.123. The molecule has 8 nitrogen and oxygen atoms in total. The number of allylic oxidation sites excluding steroid dienone is 2. The number of sulfonamides is 1. The van der Waals surface area contributed by atoms with Crippen molar-refractivity contribution in [1.82, 2.24) is 9.97 Å². The summed E-state index contributed by atoms with van der Waals surface area (Å²) < 4.78 is 27.8. The topological polar surface area (TPSA) is 109 Å². The Morgan fingerprint density at radius 1 is 0.968 bits per heavy atom. The molecule has 2 bridgehead atoms. The summed E-state index contributed by atoms with van der Waals surface area (Å²) in [6.07, 6.45) is 2.99. The molecule has 3 aliphatic rings. The number of anilines is 2. The average Bonchev–Trinajstić information content (AvgIpc) is 3.31. The zero-order chi connectivity index (χ0) is 22.1. The summed E-state index contributed by atoms with van der Waals surface area (Å²) >= 11 is 0. The van der Waals surface area contributed by atoms with Crippen molar-refractivity contribution in [3.63, 3.8) is 0 Å². The molecular weight excluding hydrogens is 416 g/mol. The lowest BCUT2D eigenvalue weighted by Crippen LogP contribution is -2.33. The minimum atomic E-state index is -3.92. The predicted molar refractivity (Wildman–Crippen MR) is 114 cm³/mol. The third-order valence-electron chi connectivity index (χ3n) is 6.49. The van der Waals surface area contributed by atoms with E-state index in [4.69, 9.17) is 0 Å². The maximum Gasteiger partial charge on any atom is 0.264 e. The van der Waals surface area contributed by atoms with Gasteiger partial charge in [0.2, 0.25) is 17.8 Å². The first-order valence-corrected chi connectivity index (χ1v) is 11.7. The summed E-state index contributed by atoms with van der Waals surface area (Å²) in [7, 11) is -3.92. The van der Waals surface area contributed by atoms with Crippen molar-refractivity contribution in [2.45, 2.75) is 32.1 Å². The molecule has 5 rings (SSSR count). The van der Waals surface area contributed by atoms with Crippen LogP contribution in [0.15, 0.2) is 46.9 Å². The third-order valence-corrected chi connectivity index (χ3v) is 7.84. The Kier molecular flexibility index (Phi) is 4.30. The molecule has 1 N–H and O–H groups in total. The normalized spacial score (nSPS) is 26.9.